The zero-order valence-electron chi connectivity index (χ0n) is 22.9. The molecule has 0 aliphatic heterocycles. The van der Waals surface area contributed by atoms with Gasteiger partial charge >= 0.3 is 5.97 Å². The largest absolute Gasteiger partial charge is 0.508 e. The Morgan fingerprint density at radius 3 is 1.76 bits per heavy atom. The van der Waals surface area contributed by atoms with E-state index in [9.17, 15) is 49.2 Å². The van der Waals surface area contributed by atoms with Crippen LogP contribution in [0.1, 0.15) is 39.2 Å². The minimum atomic E-state index is -1.68. The fourth-order valence-electron chi connectivity index (χ4n) is 3.51. The Balaban J connectivity index is 3.22. The maximum absolute atomic E-state index is 13.2. The maximum atomic E-state index is 13.2. The zero-order chi connectivity index (χ0) is 31.4. The Labute approximate surface area is 235 Å². The van der Waals surface area contributed by atoms with Gasteiger partial charge in [0.25, 0.3) is 0 Å². The minimum Gasteiger partial charge on any atom is -0.508 e. The lowest BCUT2D eigenvalue weighted by atomic mass is 10.0. The second kappa shape index (κ2) is 16.1. The molecule has 0 aromatic heterocycles. The van der Waals surface area contributed by atoms with Gasteiger partial charge in [-0.1, -0.05) is 19.1 Å². The Hall–Kier alpha value is -4.28. The molecule has 0 radical (unpaired) electrons. The van der Waals surface area contributed by atoms with Crippen molar-refractivity contribution in [2.75, 3.05) is 0 Å². The summed E-state index contributed by atoms with van der Waals surface area (Å²) in [6.07, 6.45) is -3.68. The van der Waals surface area contributed by atoms with E-state index in [1.165, 1.54) is 38.1 Å². The Morgan fingerprint density at radius 2 is 1.29 bits per heavy atom. The quantitative estimate of drug-likeness (QED) is 0.0906. The van der Waals surface area contributed by atoms with Gasteiger partial charge in [-0.05, 0) is 38.0 Å². The van der Waals surface area contributed by atoms with E-state index >= 15 is 0 Å². The van der Waals surface area contributed by atoms with Gasteiger partial charge in [0.15, 0.2) is 0 Å². The molecule has 0 spiro atoms. The van der Waals surface area contributed by atoms with Gasteiger partial charge in [-0.3, -0.25) is 24.0 Å². The average molecular weight is 583 g/mol. The predicted octanol–water partition coefficient (Wildman–Crippen LogP) is -3.67. The lowest BCUT2D eigenvalue weighted by molar-refractivity contribution is -0.142. The number of primary amides is 1. The van der Waals surface area contributed by atoms with Gasteiger partial charge in [-0.15, -0.1) is 0 Å². The second-order valence-electron chi connectivity index (χ2n) is 9.46. The molecule has 1 rings (SSSR count). The summed E-state index contributed by atoms with van der Waals surface area (Å²) in [5, 5.41) is 47.4. The number of rotatable bonds is 16. The molecule has 228 valence electrons. The number of phenolic OH excluding ortho intramolecular Hbond substituents is 1. The molecular formula is C25H38N6O10. The van der Waals surface area contributed by atoms with E-state index in [4.69, 9.17) is 11.5 Å². The van der Waals surface area contributed by atoms with Gasteiger partial charge in [-0.2, -0.15) is 0 Å². The third kappa shape index (κ3) is 11.4. The molecule has 1 aromatic rings. The number of phenols is 1. The number of aliphatic hydroxyl groups is 2. The van der Waals surface area contributed by atoms with E-state index in [0.29, 0.717) is 5.56 Å². The van der Waals surface area contributed by atoms with Crippen LogP contribution in [0, 0.1) is 0 Å². The van der Waals surface area contributed by atoms with Crippen molar-refractivity contribution < 1.29 is 49.2 Å². The number of carbonyl (C=O) groups excluding carboxylic acids is 5. The van der Waals surface area contributed by atoms with Crippen LogP contribution < -0.4 is 32.7 Å². The molecule has 0 saturated heterocycles. The van der Waals surface area contributed by atoms with Crippen molar-refractivity contribution in [1.29, 1.82) is 0 Å². The van der Waals surface area contributed by atoms with Gasteiger partial charge in [0.05, 0.1) is 18.6 Å². The van der Waals surface area contributed by atoms with Crippen LogP contribution in [0.5, 0.6) is 5.75 Å². The normalized spacial score (nSPS) is 16.0. The van der Waals surface area contributed by atoms with Crippen LogP contribution in [0.4, 0.5) is 0 Å². The minimum absolute atomic E-state index is 0.0342. The van der Waals surface area contributed by atoms with Crippen molar-refractivity contribution in [2.45, 2.75) is 82.5 Å². The average Bonchev–Trinajstić information content (AvgIpc) is 2.88. The second-order valence-corrected chi connectivity index (χ2v) is 9.46. The summed E-state index contributed by atoms with van der Waals surface area (Å²) in [7, 11) is 0. The van der Waals surface area contributed by atoms with Gasteiger partial charge in [0, 0.05) is 6.42 Å². The molecule has 41 heavy (non-hydrogen) atoms. The first-order valence-corrected chi connectivity index (χ1v) is 12.7. The van der Waals surface area contributed by atoms with E-state index in [2.05, 4.69) is 21.3 Å². The summed E-state index contributed by atoms with van der Waals surface area (Å²) in [5.41, 5.74) is 11.3. The number of aromatic hydroxyl groups is 1. The van der Waals surface area contributed by atoms with Crippen LogP contribution in [0.25, 0.3) is 0 Å². The summed E-state index contributed by atoms with van der Waals surface area (Å²) >= 11 is 0. The highest BCUT2D eigenvalue weighted by atomic mass is 16.4. The SMILES string of the molecule is CC[C@H](NC(=O)[C@H](Cc1ccc(O)cc1)NC(=O)[C@H](CC(N)=O)NC(=O)[C@@H](NC(=O)[C@@H](N)[C@@H](C)O)[C@@H](C)O)C(=O)O. The smallest absolute Gasteiger partial charge is 0.326 e. The Bertz CT molecular complexity index is 1090. The monoisotopic (exact) mass is 582 g/mol. The fraction of sp³-hybridized carbons (Fsp3) is 0.520. The molecule has 0 aliphatic rings. The topological polar surface area (TPSA) is 284 Å². The standard InChI is InChI=1S/C25H38N6O10/c1-4-15(25(40)41)28-21(36)16(9-13-5-7-14(34)8-6-13)29-22(37)17(10-18(26)35)30-24(39)20(12(3)33)31-23(38)19(27)11(2)32/h5-8,11-12,15-17,19-20,32-34H,4,9-10,27H2,1-3H3,(H2,26,35)(H,28,36)(H,29,37)(H,30,39)(H,31,38)(H,40,41)/t11-,12-,15+,16+,17+,19+,20+/m1/s1. The number of hydrogen-bond acceptors (Lipinski definition) is 10. The van der Waals surface area contributed by atoms with Crippen LogP contribution in [-0.4, -0.2) is 98.3 Å². The number of aliphatic carboxylic acids is 1. The first kappa shape index (κ1) is 34.7. The first-order chi connectivity index (χ1) is 19.1. The Kier molecular flexibility index (Phi) is 13.6. The van der Waals surface area contributed by atoms with Gasteiger partial charge < -0.3 is 53.2 Å². The van der Waals surface area contributed by atoms with Crippen LogP contribution in [0.15, 0.2) is 24.3 Å². The fourth-order valence-corrected chi connectivity index (χ4v) is 3.51. The van der Waals surface area contributed by atoms with Crippen LogP contribution in [0.2, 0.25) is 0 Å². The zero-order valence-corrected chi connectivity index (χ0v) is 22.9. The summed E-state index contributed by atoms with van der Waals surface area (Å²) < 4.78 is 0. The number of carboxylic acids is 1. The maximum Gasteiger partial charge on any atom is 0.326 e. The van der Waals surface area contributed by atoms with Gasteiger partial charge in [0.1, 0.15) is 36.0 Å². The molecule has 16 heteroatoms. The summed E-state index contributed by atoms with van der Waals surface area (Å²) in [6.45, 7) is 3.92. The molecule has 0 fully saturated rings. The number of benzene rings is 1. The van der Waals surface area contributed by atoms with Crippen molar-refractivity contribution in [3.63, 3.8) is 0 Å². The number of aliphatic hydroxyl groups excluding tert-OH is 2. The van der Waals surface area contributed by atoms with Crippen molar-refractivity contribution in [3.8, 4) is 5.75 Å². The molecule has 0 bridgehead atoms. The molecule has 0 heterocycles. The molecule has 12 N–H and O–H groups in total. The molecule has 5 amide bonds. The van der Waals surface area contributed by atoms with Crippen molar-refractivity contribution >= 4 is 35.5 Å². The van der Waals surface area contributed by atoms with E-state index < -0.39 is 84.3 Å². The Morgan fingerprint density at radius 1 is 0.780 bits per heavy atom. The molecule has 7 atom stereocenters. The molecule has 0 unspecified atom stereocenters. The number of amides is 5. The third-order valence-electron chi connectivity index (χ3n) is 5.96. The highest BCUT2D eigenvalue weighted by molar-refractivity contribution is 5.97. The number of carbonyl (C=O) groups is 6. The highest BCUT2D eigenvalue weighted by Crippen LogP contribution is 2.12. The third-order valence-corrected chi connectivity index (χ3v) is 5.96. The molecule has 0 saturated carbocycles. The van der Waals surface area contributed by atoms with Gasteiger partial charge in [0.2, 0.25) is 29.5 Å². The number of hydrogen-bond donors (Lipinski definition) is 10. The highest BCUT2D eigenvalue weighted by Gasteiger charge is 2.34. The predicted molar refractivity (Wildman–Crippen MR) is 143 cm³/mol. The number of carboxylic acid groups (broad SMARTS) is 1. The van der Waals surface area contributed by atoms with Crippen LogP contribution in [-0.2, 0) is 35.2 Å². The number of nitrogens with one attached hydrogen (secondary N) is 4. The van der Waals surface area contributed by atoms with Crippen molar-refractivity contribution in [1.82, 2.24) is 21.3 Å². The van der Waals surface area contributed by atoms with E-state index in [1.807, 2.05) is 0 Å². The van der Waals surface area contributed by atoms with E-state index in [0.717, 1.165) is 6.92 Å². The molecule has 16 nitrogen and oxygen atoms in total. The molecule has 0 aliphatic carbocycles. The van der Waals surface area contributed by atoms with E-state index in [-0.39, 0.29) is 18.6 Å². The van der Waals surface area contributed by atoms with Crippen molar-refractivity contribution in [2.24, 2.45) is 11.5 Å². The van der Waals surface area contributed by atoms with Crippen LogP contribution >= 0.6 is 0 Å². The lowest BCUT2D eigenvalue weighted by Crippen LogP contribution is -2.61. The number of nitrogens with two attached hydrogens (primary N) is 2. The summed E-state index contributed by atoms with van der Waals surface area (Å²) in [4.78, 5) is 74.5. The van der Waals surface area contributed by atoms with E-state index in [1.54, 1.807) is 0 Å². The first-order valence-electron chi connectivity index (χ1n) is 12.7. The lowest BCUT2D eigenvalue weighted by Gasteiger charge is -2.27. The van der Waals surface area contributed by atoms with Crippen molar-refractivity contribution in [3.05, 3.63) is 29.8 Å². The molecule has 1 aromatic carbocycles. The van der Waals surface area contributed by atoms with Crippen LogP contribution in [0.3, 0.4) is 0 Å². The summed E-state index contributed by atoms with van der Waals surface area (Å²) in [5.74, 6) is -6.42. The van der Waals surface area contributed by atoms with Gasteiger partial charge in [-0.25, -0.2) is 4.79 Å². The summed E-state index contributed by atoms with van der Waals surface area (Å²) in [6, 6.07) is -1.85. The molecular weight excluding hydrogens is 544 g/mol.